The van der Waals surface area contributed by atoms with Gasteiger partial charge >= 0.3 is 0 Å². The molecule has 0 aliphatic heterocycles. The molecule has 0 aliphatic carbocycles. The van der Waals surface area contributed by atoms with Crippen molar-refractivity contribution >= 4 is 75.0 Å². The van der Waals surface area contributed by atoms with Gasteiger partial charge in [0, 0.05) is 11.1 Å². The molecule has 1 aromatic heterocycles. The summed E-state index contributed by atoms with van der Waals surface area (Å²) in [6, 6.07) is 1.97. The first kappa shape index (κ1) is 11.7. The number of hydrogen-bond acceptors (Lipinski definition) is 4. The molecule has 7 heteroatoms. The lowest BCUT2D eigenvalue weighted by Gasteiger charge is -2.04. The molecule has 0 amide bonds. The average Bonchev–Trinajstić information content (AvgIpc) is 2.16. The van der Waals surface area contributed by atoms with Crippen molar-refractivity contribution in [2.75, 3.05) is 0 Å². The van der Waals surface area contributed by atoms with Crippen LogP contribution in [0.3, 0.4) is 0 Å². The van der Waals surface area contributed by atoms with E-state index in [2.05, 4.69) is 49.4 Å². The van der Waals surface area contributed by atoms with E-state index >= 15 is 0 Å². The third-order valence-electron chi connectivity index (χ3n) is 1.07. The van der Waals surface area contributed by atoms with Gasteiger partial charge in [-0.25, -0.2) is 4.98 Å². The highest BCUT2D eigenvalue weighted by molar-refractivity contribution is 9.51. The molecule has 0 saturated heterocycles. The molecule has 1 aromatic rings. The van der Waals surface area contributed by atoms with Crippen molar-refractivity contribution in [1.29, 1.82) is 0 Å². The molecular formula is C5H2Br3NS3. The van der Waals surface area contributed by atoms with Gasteiger partial charge < -0.3 is 0 Å². The van der Waals surface area contributed by atoms with Gasteiger partial charge in [-0.3, -0.25) is 0 Å². The Morgan fingerprint density at radius 3 is 2.33 bits per heavy atom. The molecule has 66 valence electrons. The van der Waals surface area contributed by atoms with Crippen LogP contribution in [-0.4, -0.2) is 4.98 Å². The summed E-state index contributed by atoms with van der Waals surface area (Å²) in [7, 11) is 4.52. The van der Waals surface area contributed by atoms with E-state index in [-0.39, 0.29) is 0 Å². The molecule has 0 atom stereocenters. The summed E-state index contributed by atoms with van der Waals surface area (Å²) in [4.78, 5) is 6.49. The Kier molecular flexibility index (Phi) is 6.04. The fourth-order valence-corrected chi connectivity index (χ4v) is 5.80. The zero-order chi connectivity index (χ0) is 8.97. The van der Waals surface area contributed by atoms with E-state index in [4.69, 9.17) is 0 Å². The standard InChI is InChI=1S/C5H2Br3NS3/c6-10-3-1-2-9-5(12-8)4(3)11-7/h1-2H. The van der Waals surface area contributed by atoms with Gasteiger partial charge in [-0.2, -0.15) is 0 Å². The Hall–Kier alpha value is 1.64. The van der Waals surface area contributed by atoms with Crippen LogP contribution < -0.4 is 0 Å². The summed E-state index contributed by atoms with van der Waals surface area (Å²) < 4.78 is 0. The molecule has 12 heavy (non-hydrogen) atoms. The van der Waals surface area contributed by atoms with Crippen molar-refractivity contribution in [3.63, 3.8) is 0 Å². The lowest BCUT2D eigenvalue weighted by Crippen LogP contribution is -1.82. The van der Waals surface area contributed by atoms with Crippen molar-refractivity contribution < 1.29 is 0 Å². The molecule has 0 fully saturated rings. The Labute approximate surface area is 106 Å². The Bertz CT molecular complexity index is 248. The van der Waals surface area contributed by atoms with Crippen LogP contribution in [0.2, 0.25) is 0 Å². The van der Waals surface area contributed by atoms with E-state index in [0.29, 0.717) is 0 Å². The van der Waals surface area contributed by atoms with Crippen LogP contribution in [0.5, 0.6) is 0 Å². The Balaban J connectivity index is 3.13. The molecule has 0 radical (unpaired) electrons. The van der Waals surface area contributed by atoms with Crippen molar-refractivity contribution in [2.45, 2.75) is 14.8 Å². The highest BCUT2D eigenvalue weighted by Crippen LogP contribution is 2.42. The molecular weight excluding hydrogens is 410 g/mol. The van der Waals surface area contributed by atoms with Crippen LogP contribution >= 0.6 is 75.0 Å². The lowest BCUT2D eigenvalue weighted by molar-refractivity contribution is 0.981. The van der Waals surface area contributed by atoms with E-state index in [1.807, 2.05) is 6.07 Å². The zero-order valence-corrected chi connectivity index (χ0v) is 12.7. The second-order valence-corrected chi connectivity index (χ2v) is 6.29. The summed E-state index contributed by atoms with van der Waals surface area (Å²) in [5.41, 5.74) is 0. The summed E-state index contributed by atoms with van der Waals surface area (Å²) >= 11 is 10.00. The van der Waals surface area contributed by atoms with Crippen LogP contribution in [0.15, 0.2) is 27.1 Å². The normalized spacial score (nSPS) is 10.2. The smallest absolute Gasteiger partial charge is 0.123 e. The largest absolute Gasteiger partial charge is 0.248 e. The van der Waals surface area contributed by atoms with Crippen LogP contribution in [0.4, 0.5) is 0 Å². The number of pyridine rings is 1. The number of hydrogen-bond donors (Lipinski definition) is 0. The molecule has 0 N–H and O–H groups in total. The summed E-state index contributed by atoms with van der Waals surface area (Å²) in [6.07, 6.45) is 1.79. The van der Waals surface area contributed by atoms with Gasteiger partial charge in [0.1, 0.15) is 5.03 Å². The minimum atomic E-state index is 0.973. The first-order valence-corrected chi connectivity index (χ1v) is 10.7. The molecule has 0 spiro atoms. The van der Waals surface area contributed by atoms with Crippen LogP contribution in [0, 0.1) is 0 Å². The molecule has 0 unspecified atom stereocenters. The molecule has 0 aliphatic rings. The first-order valence-electron chi connectivity index (χ1n) is 2.68. The van der Waals surface area contributed by atoms with Gasteiger partial charge in [0.15, 0.2) is 0 Å². The fourth-order valence-electron chi connectivity index (χ4n) is 0.599. The van der Waals surface area contributed by atoms with Crippen LogP contribution in [-0.2, 0) is 0 Å². The number of aromatic nitrogens is 1. The maximum atomic E-state index is 4.21. The Morgan fingerprint density at radius 2 is 1.83 bits per heavy atom. The van der Waals surface area contributed by atoms with E-state index in [0.717, 1.165) is 14.8 Å². The van der Waals surface area contributed by atoms with Gasteiger partial charge in [-0.1, -0.05) is 0 Å². The maximum absolute atomic E-state index is 4.21. The van der Waals surface area contributed by atoms with Gasteiger partial charge in [0.2, 0.25) is 0 Å². The summed E-state index contributed by atoms with van der Waals surface area (Å²) in [6.45, 7) is 0. The number of nitrogens with zero attached hydrogens (tertiary/aromatic N) is 1. The third-order valence-corrected chi connectivity index (χ3v) is 5.79. The van der Waals surface area contributed by atoms with Gasteiger partial charge in [0.05, 0.1) is 4.90 Å². The van der Waals surface area contributed by atoms with Gasteiger partial charge in [-0.05, 0) is 81.1 Å². The number of halogens is 3. The van der Waals surface area contributed by atoms with E-state index in [1.165, 1.54) is 30.6 Å². The summed E-state index contributed by atoms with van der Waals surface area (Å²) in [5, 5.41) is 0.973. The average molecular weight is 412 g/mol. The zero-order valence-electron chi connectivity index (χ0n) is 5.46. The minimum absolute atomic E-state index is 0.973. The van der Waals surface area contributed by atoms with Gasteiger partial charge in [0.25, 0.3) is 0 Å². The quantitative estimate of drug-likeness (QED) is 0.670. The predicted octanol–water partition coefficient (Wildman–Crippen LogP) is 5.29. The number of rotatable bonds is 3. The topological polar surface area (TPSA) is 12.9 Å². The summed E-state index contributed by atoms with van der Waals surface area (Å²) in [5.74, 6) is 0. The van der Waals surface area contributed by atoms with E-state index in [1.54, 1.807) is 6.20 Å². The SMILES string of the molecule is BrSc1ccnc(SBr)c1SBr. The molecule has 1 nitrogen and oxygen atoms in total. The second-order valence-electron chi connectivity index (χ2n) is 1.67. The first-order chi connectivity index (χ1) is 5.83. The van der Waals surface area contributed by atoms with Crippen molar-refractivity contribution in [3.8, 4) is 0 Å². The molecule has 0 saturated carbocycles. The van der Waals surface area contributed by atoms with Crippen molar-refractivity contribution in [2.24, 2.45) is 0 Å². The van der Waals surface area contributed by atoms with Gasteiger partial charge in [-0.15, -0.1) is 0 Å². The lowest BCUT2D eigenvalue weighted by atomic mass is 10.5. The molecule has 0 bridgehead atoms. The minimum Gasteiger partial charge on any atom is -0.248 e. The highest BCUT2D eigenvalue weighted by Gasteiger charge is 2.08. The highest BCUT2D eigenvalue weighted by atomic mass is 79.9. The maximum Gasteiger partial charge on any atom is 0.123 e. The van der Waals surface area contributed by atoms with Crippen molar-refractivity contribution in [3.05, 3.63) is 12.3 Å². The monoisotopic (exact) mass is 409 g/mol. The van der Waals surface area contributed by atoms with Crippen LogP contribution in [0.25, 0.3) is 0 Å². The predicted molar refractivity (Wildman–Crippen MR) is 68.6 cm³/mol. The second kappa shape index (κ2) is 6.19. The van der Waals surface area contributed by atoms with E-state index < -0.39 is 0 Å². The molecule has 0 aromatic carbocycles. The molecule has 1 heterocycles. The van der Waals surface area contributed by atoms with Crippen molar-refractivity contribution in [1.82, 2.24) is 4.98 Å². The fraction of sp³-hybridized carbons (Fsp3) is 0. The Morgan fingerprint density at radius 1 is 1.08 bits per heavy atom. The van der Waals surface area contributed by atoms with Crippen LogP contribution in [0.1, 0.15) is 0 Å². The van der Waals surface area contributed by atoms with E-state index in [9.17, 15) is 0 Å². The molecule has 1 rings (SSSR count). The third kappa shape index (κ3) is 2.81.